The molecule has 2 amide bonds. The topological polar surface area (TPSA) is 61.4 Å². The third-order valence-corrected chi connectivity index (χ3v) is 3.25. The Balaban J connectivity index is 1.99. The van der Waals surface area contributed by atoms with Crippen molar-refractivity contribution >= 4 is 11.7 Å². The molecule has 0 saturated carbocycles. The highest BCUT2D eigenvalue weighted by molar-refractivity contribution is 5.89. The minimum atomic E-state index is -4.83. The van der Waals surface area contributed by atoms with Gasteiger partial charge in [0.2, 0.25) is 0 Å². The molecule has 0 fully saturated rings. The highest BCUT2D eigenvalue weighted by atomic mass is 19.4. The van der Waals surface area contributed by atoms with Crippen molar-refractivity contribution in [3.63, 3.8) is 0 Å². The molecule has 8 heteroatoms. The monoisotopic (exact) mass is 318 g/mol. The van der Waals surface area contributed by atoms with E-state index in [0.717, 1.165) is 6.07 Å². The number of alkyl halides is 3. The molecule has 4 nitrogen and oxygen atoms in total. The van der Waals surface area contributed by atoms with Gasteiger partial charge in [-0.1, -0.05) is 12.2 Å². The number of aliphatic hydroxyl groups excluding tert-OH is 1. The van der Waals surface area contributed by atoms with E-state index in [9.17, 15) is 22.4 Å². The van der Waals surface area contributed by atoms with Crippen LogP contribution in [0.15, 0.2) is 30.4 Å². The number of carbonyl (C=O) groups is 1. The molecule has 0 bridgehead atoms. The van der Waals surface area contributed by atoms with Crippen molar-refractivity contribution in [3.8, 4) is 0 Å². The molecule has 0 spiro atoms. The molecule has 1 aliphatic rings. The lowest BCUT2D eigenvalue weighted by atomic mass is 10.1. The van der Waals surface area contributed by atoms with Gasteiger partial charge in [0.25, 0.3) is 0 Å². The molecule has 0 heterocycles. The molecule has 0 unspecified atom stereocenters. The zero-order chi connectivity index (χ0) is 16.3. The summed E-state index contributed by atoms with van der Waals surface area (Å²) in [7, 11) is 0. The summed E-state index contributed by atoms with van der Waals surface area (Å²) in [6.07, 6.45) is -0.862. The molecule has 1 aromatic carbocycles. The Morgan fingerprint density at radius 2 is 2.05 bits per heavy atom. The van der Waals surface area contributed by atoms with Gasteiger partial charge in [0.15, 0.2) is 0 Å². The zero-order valence-corrected chi connectivity index (χ0v) is 11.3. The van der Waals surface area contributed by atoms with E-state index in [0.29, 0.717) is 18.6 Å². The zero-order valence-electron chi connectivity index (χ0n) is 11.3. The van der Waals surface area contributed by atoms with Gasteiger partial charge in [-0.2, -0.15) is 13.2 Å². The summed E-state index contributed by atoms with van der Waals surface area (Å²) in [6, 6.07) is 1.23. The summed E-state index contributed by atoms with van der Waals surface area (Å²) in [5.74, 6) is -1.45. The van der Waals surface area contributed by atoms with Gasteiger partial charge in [-0.05, 0) is 24.6 Å². The highest BCUT2D eigenvalue weighted by Crippen LogP contribution is 2.33. The Labute approximate surface area is 123 Å². The van der Waals surface area contributed by atoms with Gasteiger partial charge in [0.05, 0.1) is 5.56 Å². The maximum Gasteiger partial charge on any atom is 0.419 e. The molecule has 120 valence electrons. The molecule has 2 rings (SSSR count). The number of benzene rings is 1. The van der Waals surface area contributed by atoms with Gasteiger partial charge in [-0.15, -0.1) is 0 Å². The highest BCUT2D eigenvalue weighted by Gasteiger charge is 2.34. The largest absolute Gasteiger partial charge is 0.419 e. The summed E-state index contributed by atoms with van der Waals surface area (Å²) in [5.41, 5.74) is -1.60. The van der Waals surface area contributed by atoms with E-state index in [2.05, 4.69) is 10.6 Å². The number of anilines is 1. The van der Waals surface area contributed by atoms with Crippen LogP contribution in [0.3, 0.4) is 0 Å². The number of aliphatic hydroxyl groups is 1. The van der Waals surface area contributed by atoms with Gasteiger partial charge in [-0.25, -0.2) is 9.18 Å². The number of hydrogen-bond donors (Lipinski definition) is 3. The fraction of sp³-hybridized carbons (Fsp3) is 0.357. The van der Waals surface area contributed by atoms with Crippen LogP contribution in [0.25, 0.3) is 0 Å². The number of carbonyl (C=O) groups excluding carboxylic acids is 1. The average molecular weight is 318 g/mol. The lowest BCUT2D eigenvalue weighted by Gasteiger charge is -2.15. The molecular weight excluding hydrogens is 304 g/mol. The van der Waals surface area contributed by atoms with Crippen LogP contribution < -0.4 is 10.6 Å². The van der Waals surface area contributed by atoms with Crippen molar-refractivity contribution in [3.05, 3.63) is 41.7 Å². The first-order valence-corrected chi connectivity index (χ1v) is 6.53. The van der Waals surface area contributed by atoms with Crippen molar-refractivity contribution in [2.75, 3.05) is 11.9 Å². The summed E-state index contributed by atoms with van der Waals surface area (Å²) in [6.45, 7) is -0.0385. The SMILES string of the molecule is O=C(Nc1ccc(F)c(C(F)(F)F)c1)N[C@@H]1C=C[C@H](CO)C1. The first-order chi connectivity index (χ1) is 10.3. The third kappa shape index (κ3) is 3.97. The fourth-order valence-corrected chi connectivity index (χ4v) is 2.17. The summed E-state index contributed by atoms with van der Waals surface area (Å²) in [4.78, 5) is 11.7. The molecule has 1 aliphatic carbocycles. The van der Waals surface area contributed by atoms with Gasteiger partial charge in [-0.3, -0.25) is 0 Å². The number of rotatable bonds is 3. The number of hydrogen-bond acceptors (Lipinski definition) is 2. The van der Waals surface area contributed by atoms with Crippen LogP contribution in [0, 0.1) is 11.7 Å². The summed E-state index contributed by atoms with van der Waals surface area (Å²) < 4.78 is 50.9. The predicted octanol–water partition coefficient (Wildman–Crippen LogP) is 2.90. The lowest BCUT2D eigenvalue weighted by molar-refractivity contribution is -0.139. The second-order valence-electron chi connectivity index (χ2n) is 4.96. The predicted molar refractivity (Wildman–Crippen MR) is 71.7 cm³/mol. The Morgan fingerprint density at radius 1 is 1.32 bits per heavy atom. The first-order valence-electron chi connectivity index (χ1n) is 6.53. The Kier molecular flexibility index (Phi) is 4.70. The summed E-state index contributed by atoms with van der Waals surface area (Å²) in [5, 5.41) is 13.7. The Morgan fingerprint density at radius 3 is 2.64 bits per heavy atom. The molecule has 3 N–H and O–H groups in total. The van der Waals surface area contributed by atoms with E-state index in [1.807, 2.05) is 0 Å². The Bertz CT molecular complexity index is 587. The normalized spacial score (nSPS) is 21.0. The van der Waals surface area contributed by atoms with Crippen molar-refractivity contribution < 1.29 is 27.5 Å². The van der Waals surface area contributed by atoms with Crippen molar-refractivity contribution in [1.82, 2.24) is 5.32 Å². The van der Waals surface area contributed by atoms with Gasteiger partial charge in [0.1, 0.15) is 5.82 Å². The first kappa shape index (κ1) is 16.3. The van der Waals surface area contributed by atoms with E-state index in [1.165, 1.54) is 0 Å². The van der Waals surface area contributed by atoms with Crippen molar-refractivity contribution in [2.45, 2.75) is 18.6 Å². The van der Waals surface area contributed by atoms with Crippen molar-refractivity contribution in [2.24, 2.45) is 5.92 Å². The van der Waals surface area contributed by atoms with E-state index in [-0.39, 0.29) is 24.3 Å². The molecule has 0 aromatic heterocycles. The van der Waals surface area contributed by atoms with Crippen LogP contribution >= 0.6 is 0 Å². The standard InChI is InChI=1S/C14H14F4N2O2/c15-12-4-3-10(6-11(12)14(16,17)18)20-13(22)19-9-2-1-8(5-9)7-21/h1-4,6,8-9,21H,5,7H2,(H2,19,20,22)/t8-,9+/m0/s1. The molecular formula is C14H14F4N2O2. The molecule has 0 saturated heterocycles. The molecule has 1 aromatic rings. The smallest absolute Gasteiger partial charge is 0.396 e. The van der Waals surface area contributed by atoms with Crippen LogP contribution in [0.1, 0.15) is 12.0 Å². The van der Waals surface area contributed by atoms with E-state index >= 15 is 0 Å². The average Bonchev–Trinajstić information content (AvgIpc) is 2.87. The minimum absolute atomic E-state index is 0.0385. The molecule has 22 heavy (non-hydrogen) atoms. The van der Waals surface area contributed by atoms with E-state index < -0.39 is 23.6 Å². The van der Waals surface area contributed by atoms with Crippen LogP contribution in [0.2, 0.25) is 0 Å². The quantitative estimate of drug-likeness (QED) is 0.593. The van der Waals surface area contributed by atoms with Gasteiger partial charge < -0.3 is 15.7 Å². The number of urea groups is 1. The minimum Gasteiger partial charge on any atom is -0.396 e. The Hall–Kier alpha value is -2.09. The summed E-state index contributed by atoms with van der Waals surface area (Å²) >= 11 is 0. The number of halogens is 4. The number of amides is 2. The third-order valence-electron chi connectivity index (χ3n) is 3.25. The fourth-order valence-electron chi connectivity index (χ4n) is 2.17. The molecule has 0 radical (unpaired) electrons. The lowest BCUT2D eigenvalue weighted by Crippen LogP contribution is -2.36. The van der Waals surface area contributed by atoms with Crippen LogP contribution in [0.5, 0.6) is 0 Å². The van der Waals surface area contributed by atoms with Gasteiger partial charge in [0, 0.05) is 24.3 Å². The van der Waals surface area contributed by atoms with Crippen molar-refractivity contribution in [1.29, 1.82) is 0 Å². The molecule has 2 atom stereocenters. The second kappa shape index (κ2) is 6.35. The van der Waals surface area contributed by atoms with Crippen LogP contribution in [0.4, 0.5) is 28.0 Å². The molecule has 0 aliphatic heterocycles. The van der Waals surface area contributed by atoms with Crippen LogP contribution in [-0.4, -0.2) is 23.8 Å². The maximum atomic E-state index is 13.1. The maximum absolute atomic E-state index is 13.1. The van der Waals surface area contributed by atoms with Gasteiger partial charge >= 0.3 is 12.2 Å². The second-order valence-corrected chi connectivity index (χ2v) is 4.96. The van der Waals surface area contributed by atoms with E-state index in [4.69, 9.17) is 5.11 Å². The number of nitrogens with one attached hydrogen (secondary N) is 2. The van der Waals surface area contributed by atoms with E-state index in [1.54, 1.807) is 12.2 Å². The van der Waals surface area contributed by atoms with Crippen LogP contribution in [-0.2, 0) is 6.18 Å².